The van der Waals surface area contributed by atoms with E-state index < -0.39 is 0 Å². The van der Waals surface area contributed by atoms with Crippen molar-refractivity contribution in [2.45, 2.75) is 26.4 Å². The van der Waals surface area contributed by atoms with Gasteiger partial charge >= 0.3 is 0 Å². The predicted octanol–water partition coefficient (Wildman–Crippen LogP) is 3.91. The highest BCUT2D eigenvalue weighted by Gasteiger charge is 2.28. The van der Waals surface area contributed by atoms with E-state index in [1.54, 1.807) is 29.2 Å². The fraction of sp³-hybridized carbons (Fsp3) is 0.417. The first kappa shape index (κ1) is 22.3. The van der Waals surface area contributed by atoms with Crippen LogP contribution in [0.15, 0.2) is 54.6 Å². The summed E-state index contributed by atoms with van der Waals surface area (Å²) in [4.78, 5) is 29.5. The van der Waals surface area contributed by atoms with Crippen LogP contribution in [0.2, 0.25) is 5.02 Å². The average molecular weight is 429 g/mol. The summed E-state index contributed by atoms with van der Waals surface area (Å²) < 4.78 is 5.92. The molecule has 1 fully saturated rings. The summed E-state index contributed by atoms with van der Waals surface area (Å²) >= 11 is 5.93. The third kappa shape index (κ3) is 6.31. The number of morpholine rings is 1. The number of nitrogens with zero attached hydrogens (tertiary/aromatic N) is 2. The molecule has 0 spiro atoms. The second kappa shape index (κ2) is 10.6. The molecule has 0 radical (unpaired) electrons. The maximum atomic E-state index is 13.0. The quantitative estimate of drug-likeness (QED) is 0.671. The van der Waals surface area contributed by atoms with Crippen molar-refractivity contribution in [3.8, 4) is 0 Å². The van der Waals surface area contributed by atoms with Gasteiger partial charge < -0.3 is 14.5 Å². The van der Waals surface area contributed by atoms with E-state index in [1.807, 2.05) is 35.2 Å². The van der Waals surface area contributed by atoms with Crippen molar-refractivity contribution >= 4 is 23.4 Å². The fourth-order valence-electron chi connectivity index (χ4n) is 3.64. The summed E-state index contributed by atoms with van der Waals surface area (Å²) in [6.07, 6.45) is 0.168. The van der Waals surface area contributed by atoms with Crippen molar-refractivity contribution in [1.29, 1.82) is 0 Å². The zero-order valence-electron chi connectivity index (χ0n) is 17.6. The molecule has 6 heteroatoms. The highest BCUT2D eigenvalue weighted by Crippen LogP contribution is 2.16. The topological polar surface area (TPSA) is 49.9 Å². The second-order valence-corrected chi connectivity index (χ2v) is 8.54. The molecule has 0 aliphatic carbocycles. The van der Waals surface area contributed by atoms with E-state index >= 15 is 0 Å². The molecule has 1 aliphatic rings. The lowest BCUT2D eigenvalue weighted by Gasteiger charge is -2.36. The number of hydrogen-bond donors (Lipinski definition) is 0. The van der Waals surface area contributed by atoms with Gasteiger partial charge in [-0.25, -0.2) is 0 Å². The molecule has 0 N–H and O–H groups in total. The Labute approximate surface area is 183 Å². The molecule has 1 atom stereocenters. The Bertz CT molecular complexity index is 839. The van der Waals surface area contributed by atoms with Crippen LogP contribution < -0.4 is 0 Å². The summed E-state index contributed by atoms with van der Waals surface area (Å²) in [5.41, 5.74) is 1.61. The van der Waals surface area contributed by atoms with Gasteiger partial charge in [-0.15, -0.1) is 0 Å². The Morgan fingerprint density at radius 1 is 1.13 bits per heavy atom. The van der Waals surface area contributed by atoms with Crippen LogP contribution >= 0.6 is 11.6 Å². The maximum Gasteiger partial charge on any atom is 0.254 e. The molecule has 1 saturated heterocycles. The standard InChI is InChI=1S/C24H29ClN2O3/c1-18(2)15-27(23(28)14-19-6-4-3-5-7-19)17-22-16-26(12-13-30-22)24(29)20-8-10-21(25)11-9-20/h3-11,18,22H,12-17H2,1-2H3. The molecule has 2 aromatic rings. The fourth-order valence-corrected chi connectivity index (χ4v) is 3.76. The van der Waals surface area contributed by atoms with Crippen LogP contribution in [0.4, 0.5) is 0 Å². The zero-order valence-corrected chi connectivity index (χ0v) is 18.3. The number of amides is 2. The van der Waals surface area contributed by atoms with Crippen LogP contribution in [-0.4, -0.2) is 60.5 Å². The van der Waals surface area contributed by atoms with Gasteiger partial charge in [-0.05, 0) is 35.7 Å². The van der Waals surface area contributed by atoms with Crippen LogP contribution in [0.1, 0.15) is 29.8 Å². The minimum atomic E-state index is -0.200. The number of carbonyl (C=O) groups excluding carboxylic acids is 2. The average Bonchev–Trinajstić information content (AvgIpc) is 2.74. The van der Waals surface area contributed by atoms with Crippen LogP contribution in [0, 0.1) is 5.92 Å². The molecular formula is C24H29ClN2O3. The van der Waals surface area contributed by atoms with Gasteiger partial charge in [0.05, 0.1) is 19.1 Å². The Kier molecular flexibility index (Phi) is 7.88. The second-order valence-electron chi connectivity index (χ2n) is 8.11. The van der Waals surface area contributed by atoms with Gasteiger partial charge in [-0.2, -0.15) is 0 Å². The molecule has 1 heterocycles. The van der Waals surface area contributed by atoms with Crippen molar-refractivity contribution in [3.05, 3.63) is 70.7 Å². The van der Waals surface area contributed by atoms with Crippen molar-refractivity contribution in [2.75, 3.05) is 32.8 Å². The van der Waals surface area contributed by atoms with Gasteiger partial charge in [0.2, 0.25) is 5.91 Å². The van der Waals surface area contributed by atoms with Crippen LogP contribution in [0.3, 0.4) is 0 Å². The van der Waals surface area contributed by atoms with Crippen molar-refractivity contribution < 1.29 is 14.3 Å². The number of rotatable bonds is 7. The lowest BCUT2D eigenvalue weighted by atomic mass is 10.1. The van der Waals surface area contributed by atoms with Gasteiger partial charge in [-0.1, -0.05) is 55.8 Å². The smallest absolute Gasteiger partial charge is 0.254 e. The molecule has 30 heavy (non-hydrogen) atoms. The first-order chi connectivity index (χ1) is 14.4. The number of ether oxygens (including phenoxy) is 1. The molecule has 0 aromatic heterocycles. The van der Waals surface area contributed by atoms with Crippen LogP contribution in [0.25, 0.3) is 0 Å². The van der Waals surface area contributed by atoms with Crippen molar-refractivity contribution in [2.24, 2.45) is 5.92 Å². The third-order valence-electron chi connectivity index (χ3n) is 5.08. The highest BCUT2D eigenvalue weighted by molar-refractivity contribution is 6.30. The first-order valence-corrected chi connectivity index (χ1v) is 10.8. The predicted molar refractivity (Wildman–Crippen MR) is 119 cm³/mol. The van der Waals surface area contributed by atoms with Crippen molar-refractivity contribution in [3.63, 3.8) is 0 Å². The Morgan fingerprint density at radius 3 is 2.50 bits per heavy atom. The zero-order chi connectivity index (χ0) is 21.5. The van der Waals surface area contributed by atoms with Crippen molar-refractivity contribution in [1.82, 2.24) is 9.80 Å². The number of halogens is 1. The van der Waals surface area contributed by atoms with Gasteiger partial charge in [0.1, 0.15) is 0 Å². The molecule has 2 aromatic carbocycles. The summed E-state index contributed by atoms with van der Waals surface area (Å²) in [7, 11) is 0. The first-order valence-electron chi connectivity index (χ1n) is 10.4. The molecule has 3 rings (SSSR count). The summed E-state index contributed by atoms with van der Waals surface area (Å²) in [6, 6.07) is 16.7. The van der Waals surface area contributed by atoms with Gasteiger partial charge in [0.15, 0.2) is 0 Å². The summed E-state index contributed by atoms with van der Waals surface area (Å²) in [5, 5.41) is 0.604. The Hall–Kier alpha value is -2.37. The van der Waals surface area contributed by atoms with Gasteiger partial charge in [0, 0.05) is 36.8 Å². The van der Waals surface area contributed by atoms with E-state index in [1.165, 1.54) is 0 Å². The molecular weight excluding hydrogens is 400 g/mol. The molecule has 1 unspecified atom stereocenters. The molecule has 160 valence electrons. The molecule has 2 amide bonds. The van der Waals surface area contributed by atoms with E-state index in [4.69, 9.17) is 16.3 Å². The normalized spacial score (nSPS) is 16.5. The van der Waals surface area contributed by atoms with E-state index in [0.29, 0.717) is 55.7 Å². The van der Waals surface area contributed by atoms with Gasteiger partial charge in [0.25, 0.3) is 5.91 Å². The summed E-state index contributed by atoms with van der Waals surface area (Å²) in [5.74, 6) is 0.394. The lowest BCUT2D eigenvalue weighted by Crippen LogP contribution is -2.51. The largest absolute Gasteiger partial charge is 0.373 e. The molecule has 0 saturated carbocycles. The van der Waals surface area contributed by atoms with E-state index in [9.17, 15) is 9.59 Å². The Morgan fingerprint density at radius 2 is 1.83 bits per heavy atom. The minimum Gasteiger partial charge on any atom is -0.373 e. The molecule has 1 aliphatic heterocycles. The third-order valence-corrected chi connectivity index (χ3v) is 5.33. The molecule has 0 bridgehead atoms. The lowest BCUT2D eigenvalue weighted by molar-refractivity contribution is -0.134. The number of benzene rings is 2. The summed E-state index contributed by atoms with van der Waals surface area (Å²) in [6.45, 7) is 6.81. The van der Waals surface area contributed by atoms with E-state index in [-0.39, 0.29) is 17.9 Å². The van der Waals surface area contributed by atoms with Crippen LogP contribution in [-0.2, 0) is 16.0 Å². The molecule has 5 nitrogen and oxygen atoms in total. The maximum absolute atomic E-state index is 13.0. The monoisotopic (exact) mass is 428 g/mol. The number of hydrogen-bond acceptors (Lipinski definition) is 3. The van der Waals surface area contributed by atoms with Crippen LogP contribution in [0.5, 0.6) is 0 Å². The minimum absolute atomic E-state index is 0.0361. The SMILES string of the molecule is CC(C)CN(CC1CN(C(=O)c2ccc(Cl)cc2)CCO1)C(=O)Cc1ccccc1. The van der Waals surface area contributed by atoms with E-state index in [2.05, 4.69) is 13.8 Å². The Balaban J connectivity index is 1.64. The van der Waals surface area contributed by atoms with E-state index in [0.717, 1.165) is 5.56 Å². The van der Waals surface area contributed by atoms with Gasteiger partial charge in [-0.3, -0.25) is 9.59 Å². The highest BCUT2D eigenvalue weighted by atomic mass is 35.5. The number of carbonyl (C=O) groups is 2.